The average molecular weight is 245 g/mol. The van der Waals surface area contributed by atoms with Crippen LogP contribution in [0.25, 0.3) is 10.9 Å². The Morgan fingerprint density at radius 3 is 2.72 bits per heavy atom. The first kappa shape index (κ1) is 12.6. The van der Waals surface area contributed by atoms with Gasteiger partial charge in [0.25, 0.3) is 0 Å². The number of aliphatic hydroxyl groups is 1. The molecule has 18 heavy (non-hydrogen) atoms. The van der Waals surface area contributed by atoms with Crippen LogP contribution in [-0.4, -0.2) is 29.3 Å². The molecule has 4 heteroatoms. The Morgan fingerprint density at radius 1 is 1.33 bits per heavy atom. The third kappa shape index (κ3) is 2.54. The van der Waals surface area contributed by atoms with Crippen LogP contribution in [0, 0.1) is 0 Å². The van der Waals surface area contributed by atoms with Crippen molar-refractivity contribution in [3.05, 3.63) is 30.5 Å². The zero-order valence-corrected chi connectivity index (χ0v) is 11.0. The number of rotatable bonds is 3. The van der Waals surface area contributed by atoms with Gasteiger partial charge in [-0.3, -0.25) is 4.98 Å². The zero-order valence-electron chi connectivity index (χ0n) is 11.0. The topological polar surface area (TPSA) is 62.4 Å². The Balaban J connectivity index is 2.49. The molecule has 2 aromatic rings. The van der Waals surface area contributed by atoms with Crippen molar-refractivity contribution in [2.75, 3.05) is 24.2 Å². The van der Waals surface area contributed by atoms with Crippen LogP contribution in [-0.2, 0) is 0 Å². The minimum Gasteiger partial charge on any atom is -0.397 e. The molecule has 1 aromatic carbocycles. The van der Waals surface area contributed by atoms with Crippen LogP contribution in [0.4, 0.5) is 11.4 Å². The molecular weight excluding hydrogens is 226 g/mol. The molecule has 0 spiro atoms. The first-order valence-corrected chi connectivity index (χ1v) is 5.95. The van der Waals surface area contributed by atoms with Crippen molar-refractivity contribution < 1.29 is 5.11 Å². The van der Waals surface area contributed by atoms with Crippen LogP contribution in [0.2, 0.25) is 0 Å². The van der Waals surface area contributed by atoms with Gasteiger partial charge in [-0.25, -0.2) is 0 Å². The van der Waals surface area contributed by atoms with Crippen LogP contribution in [0.3, 0.4) is 0 Å². The molecule has 0 saturated heterocycles. The molecule has 0 fully saturated rings. The normalized spacial score (nSPS) is 11.8. The van der Waals surface area contributed by atoms with Crippen LogP contribution in [0.5, 0.6) is 0 Å². The maximum Gasteiger partial charge on any atom is 0.0951 e. The van der Waals surface area contributed by atoms with Gasteiger partial charge >= 0.3 is 0 Å². The Labute approximate surface area is 107 Å². The molecule has 0 radical (unpaired) electrons. The molecule has 0 bridgehead atoms. The lowest BCUT2D eigenvalue weighted by molar-refractivity contribution is 0.0887. The summed E-state index contributed by atoms with van der Waals surface area (Å²) in [7, 11) is 1.95. The minimum absolute atomic E-state index is 0.543. The molecule has 0 saturated carbocycles. The standard InChI is InChI=1S/C14H19N3O/c1-14(2,18)9-17(3)12-7-6-11(15)13-10(12)5-4-8-16-13/h4-8,18H,9,15H2,1-3H3. The Bertz CT molecular complexity index is 560. The third-order valence-electron chi connectivity index (χ3n) is 2.81. The van der Waals surface area contributed by atoms with E-state index in [2.05, 4.69) is 4.98 Å². The first-order valence-electron chi connectivity index (χ1n) is 5.95. The maximum absolute atomic E-state index is 9.89. The Hall–Kier alpha value is -1.81. The summed E-state index contributed by atoms with van der Waals surface area (Å²) in [5.74, 6) is 0. The number of hydrogen-bond donors (Lipinski definition) is 2. The molecule has 0 atom stereocenters. The fourth-order valence-electron chi connectivity index (χ4n) is 2.18. The second kappa shape index (κ2) is 4.46. The summed E-state index contributed by atoms with van der Waals surface area (Å²) in [6.07, 6.45) is 1.73. The van der Waals surface area contributed by atoms with Crippen molar-refractivity contribution in [2.45, 2.75) is 19.4 Å². The van der Waals surface area contributed by atoms with Gasteiger partial charge in [0, 0.05) is 30.9 Å². The summed E-state index contributed by atoms with van der Waals surface area (Å²) in [6, 6.07) is 7.70. The highest BCUT2D eigenvalue weighted by atomic mass is 16.3. The van der Waals surface area contributed by atoms with Crippen LogP contribution < -0.4 is 10.6 Å². The lowest BCUT2D eigenvalue weighted by atomic mass is 10.1. The predicted molar refractivity (Wildman–Crippen MR) is 75.7 cm³/mol. The van der Waals surface area contributed by atoms with Crippen LogP contribution in [0.1, 0.15) is 13.8 Å². The Kier molecular flexibility index (Phi) is 3.13. The summed E-state index contributed by atoms with van der Waals surface area (Å²) < 4.78 is 0. The molecule has 0 aliphatic carbocycles. The van der Waals surface area contributed by atoms with Gasteiger partial charge in [-0.05, 0) is 38.1 Å². The highest BCUT2D eigenvalue weighted by Crippen LogP contribution is 2.29. The van der Waals surface area contributed by atoms with E-state index in [0.29, 0.717) is 12.2 Å². The Morgan fingerprint density at radius 2 is 2.06 bits per heavy atom. The lowest BCUT2D eigenvalue weighted by Crippen LogP contribution is -2.36. The van der Waals surface area contributed by atoms with Crippen molar-refractivity contribution in [3.63, 3.8) is 0 Å². The number of hydrogen-bond acceptors (Lipinski definition) is 4. The van der Waals surface area contributed by atoms with Gasteiger partial charge in [0.05, 0.1) is 16.8 Å². The monoisotopic (exact) mass is 245 g/mol. The number of anilines is 2. The molecule has 0 unspecified atom stereocenters. The van der Waals surface area contributed by atoms with Gasteiger partial charge in [0.2, 0.25) is 0 Å². The highest BCUT2D eigenvalue weighted by molar-refractivity contribution is 5.98. The van der Waals surface area contributed by atoms with Gasteiger partial charge in [-0.2, -0.15) is 0 Å². The number of benzene rings is 1. The molecule has 96 valence electrons. The minimum atomic E-state index is -0.745. The zero-order chi connectivity index (χ0) is 13.3. The largest absolute Gasteiger partial charge is 0.397 e. The third-order valence-corrected chi connectivity index (χ3v) is 2.81. The van der Waals surface area contributed by atoms with Crippen molar-refractivity contribution in [1.29, 1.82) is 0 Å². The van der Waals surface area contributed by atoms with E-state index in [4.69, 9.17) is 5.73 Å². The van der Waals surface area contributed by atoms with Crippen molar-refractivity contribution in [1.82, 2.24) is 4.98 Å². The average Bonchev–Trinajstić information content (AvgIpc) is 2.27. The van der Waals surface area contributed by atoms with Gasteiger partial charge in [0.1, 0.15) is 0 Å². The first-order chi connectivity index (χ1) is 8.38. The van der Waals surface area contributed by atoms with E-state index < -0.39 is 5.60 Å². The molecule has 1 heterocycles. The molecule has 0 aliphatic heterocycles. The number of aromatic nitrogens is 1. The lowest BCUT2D eigenvalue weighted by Gasteiger charge is -2.28. The van der Waals surface area contributed by atoms with Gasteiger partial charge in [-0.1, -0.05) is 0 Å². The van der Waals surface area contributed by atoms with E-state index in [1.807, 2.05) is 36.2 Å². The molecule has 0 aliphatic rings. The fraction of sp³-hybridized carbons (Fsp3) is 0.357. The van der Waals surface area contributed by atoms with Crippen molar-refractivity contribution in [2.24, 2.45) is 0 Å². The number of likely N-dealkylation sites (N-methyl/N-ethyl adjacent to an activating group) is 1. The SMILES string of the molecule is CN(CC(C)(C)O)c1ccc(N)c2ncccc12. The smallest absolute Gasteiger partial charge is 0.0951 e. The van der Waals surface area contributed by atoms with Gasteiger partial charge in [-0.15, -0.1) is 0 Å². The maximum atomic E-state index is 9.89. The number of pyridine rings is 1. The van der Waals surface area contributed by atoms with Gasteiger partial charge < -0.3 is 15.7 Å². The number of nitrogen functional groups attached to an aromatic ring is 1. The quantitative estimate of drug-likeness (QED) is 0.812. The molecule has 4 nitrogen and oxygen atoms in total. The summed E-state index contributed by atoms with van der Waals surface area (Å²) in [6.45, 7) is 4.13. The summed E-state index contributed by atoms with van der Waals surface area (Å²) >= 11 is 0. The van der Waals surface area contributed by atoms with E-state index in [1.54, 1.807) is 20.0 Å². The van der Waals surface area contributed by atoms with E-state index in [0.717, 1.165) is 16.6 Å². The van der Waals surface area contributed by atoms with Crippen LogP contribution in [0.15, 0.2) is 30.5 Å². The summed E-state index contributed by atoms with van der Waals surface area (Å²) in [5.41, 5.74) is 7.67. The highest BCUT2D eigenvalue weighted by Gasteiger charge is 2.17. The van der Waals surface area contributed by atoms with E-state index >= 15 is 0 Å². The summed E-state index contributed by atoms with van der Waals surface area (Å²) in [4.78, 5) is 6.32. The fourth-order valence-corrected chi connectivity index (χ4v) is 2.18. The van der Waals surface area contributed by atoms with Crippen molar-refractivity contribution >= 4 is 22.3 Å². The second-order valence-corrected chi connectivity index (χ2v) is 5.24. The van der Waals surface area contributed by atoms with E-state index in [-0.39, 0.29) is 0 Å². The van der Waals surface area contributed by atoms with E-state index in [9.17, 15) is 5.11 Å². The predicted octanol–water partition coefficient (Wildman–Crippen LogP) is 2.02. The number of nitrogens with two attached hydrogens (primary N) is 1. The van der Waals surface area contributed by atoms with Gasteiger partial charge in [0.15, 0.2) is 0 Å². The van der Waals surface area contributed by atoms with E-state index in [1.165, 1.54) is 0 Å². The number of nitrogens with zero attached hydrogens (tertiary/aromatic N) is 2. The number of fused-ring (bicyclic) bond motifs is 1. The molecule has 3 N–H and O–H groups in total. The van der Waals surface area contributed by atoms with Crippen molar-refractivity contribution in [3.8, 4) is 0 Å². The molecule has 1 aromatic heterocycles. The van der Waals surface area contributed by atoms with Crippen LogP contribution >= 0.6 is 0 Å². The second-order valence-electron chi connectivity index (χ2n) is 5.24. The molecule has 0 amide bonds. The molecule has 2 rings (SSSR count). The summed E-state index contributed by atoms with van der Waals surface area (Å²) in [5, 5.41) is 10.9. The molecular formula is C14H19N3O.